The van der Waals surface area contributed by atoms with Gasteiger partial charge in [-0.15, -0.1) is 0 Å². The van der Waals surface area contributed by atoms with E-state index in [0.29, 0.717) is 24.3 Å². The van der Waals surface area contributed by atoms with Gasteiger partial charge in [-0.3, -0.25) is 0 Å². The zero-order valence-electron chi connectivity index (χ0n) is 33.4. The number of ether oxygens (including phenoxy) is 4. The molecule has 2 aromatic heterocycles. The molecule has 2 N–H and O–H groups in total. The van der Waals surface area contributed by atoms with Gasteiger partial charge in [0.25, 0.3) is 0 Å². The molecule has 4 aromatic rings. The Morgan fingerprint density at radius 2 is 1.16 bits per heavy atom. The molecule has 0 atom stereocenters. The number of imidazole rings is 2. The maximum atomic E-state index is 11.7. The molecule has 14 heteroatoms. The zero-order valence-corrected chi connectivity index (χ0v) is 35.6. The van der Waals surface area contributed by atoms with Gasteiger partial charge in [-0.2, -0.15) is 0 Å². The lowest BCUT2D eigenvalue weighted by atomic mass is 9.75. The number of carbonyl (C=O) groups is 2. The second kappa shape index (κ2) is 16.9. The summed E-state index contributed by atoms with van der Waals surface area (Å²) in [6, 6.07) is 10.9. The van der Waals surface area contributed by atoms with Crippen LogP contribution in [0.25, 0.3) is 11.3 Å². The van der Waals surface area contributed by atoms with Gasteiger partial charge in [0.1, 0.15) is 15.3 Å². The number of halogens is 1. The van der Waals surface area contributed by atoms with Crippen molar-refractivity contribution in [3.05, 3.63) is 85.4 Å². The number of benzene rings is 2. The Hall–Kier alpha value is -3.57. The molecule has 0 spiro atoms. The largest absolute Gasteiger partial charge is 0.495 e. The molecule has 3 aliphatic heterocycles. The molecule has 0 radical (unpaired) electrons. The summed E-state index contributed by atoms with van der Waals surface area (Å²) in [4.78, 5) is 39.3. The highest BCUT2D eigenvalue weighted by Gasteiger charge is 2.52. The van der Waals surface area contributed by atoms with Crippen LogP contribution in [0.2, 0.25) is 0 Å². The maximum absolute atomic E-state index is 11.7. The monoisotopic (exact) mass is 870 g/mol. The summed E-state index contributed by atoms with van der Waals surface area (Å²) in [7, 11) is 2.29. The molecule has 0 amide bonds. The molecular formula is C41H56BIN4O8. The second-order valence-electron chi connectivity index (χ2n) is 15.8. The van der Waals surface area contributed by atoms with Crippen molar-refractivity contribution in [2.24, 2.45) is 0 Å². The van der Waals surface area contributed by atoms with E-state index >= 15 is 0 Å². The molecule has 55 heavy (non-hydrogen) atoms. The first-order chi connectivity index (χ1) is 25.2. The van der Waals surface area contributed by atoms with Crippen molar-refractivity contribution in [3.63, 3.8) is 0 Å². The number of hydrogen-bond acceptors (Lipinski definition) is 10. The van der Waals surface area contributed by atoms with E-state index in [1.807, 2.05) is 73.6 Å². The number of esters is 2. The summed E-state index contributed by atoms with van der Waals surface area (Å²) in [5, 5.41) is 0. The molecular weight excluding hydrogens is 814 g/mol. The minimum atomic E-state index is -0.468. The van der Waals surface area contributed by atoms with Crippen molar-refractivity contribution >= 4 is 47.1 Å². The first-order valence-electron chi connectivity index (χ1n) is 17.9. The van der Waals surface area contributed by atoms with Crippen LogP contribution in [-0.4, -0.2) is 90.8 Å². The van der Waals surface area contributed by atoms with Crippen LogP contribution in [0, 0.1) is 31.4 Å². The van der Waals surface area contributed by atoms with Gasteiger partial charge in [0.05, 0.1) is 79.5 Å². The normalized spacial score (nSPS) is 18.2. The van der Waals surface area contributed by atoms with Crippen LogP contribution in [-0.2, 0) is 39.1 Å². The minimum Gasteiger partial charge on any atom is -0.465 e. The van der Waals surface area contributed by atoms with Crippen LogP contribution in [0.4, 0.5) is 0 Å². The molecule has 12 nitrogen and oxygen atoms in total. The third-order valence-corrected chi connectivity index (χ3v) is 11.7. The van der Waals surface area contributed by atoms with E-state index < -0.39 is 18.3 Å². The number of methoxy groups -OCH3 is 2. The van der Waals surface area contributed by atoms with Gasteiger partial charge >= 0.3 is 19.1 Å². The lowest BCUT2D eigenvalue weighted by Crippen LogP contribution is -2.44. The molecule has 0 unspecified atom stereocenters. The van der Waals surface area contributed by atoms with Crippen LogP contribution in [0.1, 0.15) is 104 Å². The fraction of sp³-hybridized carbons (Fsp3) is 0.512. The Kier molecular flexibility index (Phi) is 13.6. The Morgan fingerprint density at radius 1 is 0.709 bits per heavy atom. The average Bonchev–Trinajstić information content (AvgIpc) is 3.73. The number of aromatic amines is 2. The number of H-pyrrole nitrogens is 2. The number of aryl methyl sites for hydroxylation is 4. The molecule has 298 valence electrons. The quantitative estimate of drug-likeness (QED) is 0.117. The number of carbonyl (C=O) groups excluding carboxylic acids is 2. The van der Waals surface area contributed by atoms with Crippen molar-refractivity contribution < 1.29 is 37.8 Å². The van der Waals surface area contributed by atoms with Crippen LogP contribution in [0.5, 0.6) is 0 Å². The van der Waals surface area contributed by atoms with Gasteiger partial charge in [-0.25, -0.2) is 19.6 Å². The highest BCUT2D eigenvalue weighted by atomic mass is 127. The van der Waals surface area contributed by atoms with Crippen molar-refractivity contribution in [1.29, 1.82) is 0 Å². The molecule has 0 aliphatic carbocycles. The van der Waals surface area contributed by atoms with Gasteiger partial charge in [-0.1, -0.05) is 25.1 Å². The van der Waals surface area contributed by atoms with Gasteiger partial charge in [0, 0.05) is 17.0 Å². The SMILES string of the molecule is C.COC(=O)c1ccc(C)c(-c2nc(C3(C)COC3)[nH]c2C)c1.COC(=O)c1ccc(C)c(B2OC(C)(C)C(C)(C)O2)c1.Cc1[nH]c(C2(C)COC2)nc1I. The Labute approximate surface area is 339 Å². The van der Waals surface area contributed by atoms with E-state index in [9.17, 15) is 9.59 Å². The van der Waals surface area contributed by atoms with Gasteiger partial charge in [-0.05, 0) is 127 Å². The highest BCUT2D eigenvalue weighted by Crippen LogP contribution is 2.37. The zero-order chi connectivity index (χ0) is 39.8. The lowest BCUT2D eigenvalue weighted by Gasteiger charge is -2.36. The fourth-order valence-corrected chi connectivity index (χ4v) is 6.43. The van der Waals surface area contributed by atoms with Crippen LogP contribution < -0.4 is 5.46 Å². The standard InChI is InChI=1S/C17H20N2O3.C15H21BO4.C8H11IN2O.CH4/c1-10-5-6-12(15(20)21-4)7-13(10)14-11(2)18-16(19-14)17(3)8-22-9-17;1-10-7-8-11(13(17)18-6)9-12(10)16-19-14(2,3)15(4,5)20-16;1-5-6(9)11-7(10-5)8(2)3-12-4-8;/h5-7H,8-9H2,1-4H3,(H,18,19);7-9H,1-6H3;3-4H2,1-2H3,(H,10,11);1H4. The molecule has 5 heterocycles. The molecule has 3 aliphatic rings. The van der Waals surface area contributed by atoms with Crippen LogP contribution in [0.15, 0.2) is 36.4 Å². The summed E-state index contributed by atoms with van der Waals surface area (Å²) in [5.74, 6) is 1.31. The highest BCUT2D eigenvalue weighted by molar-refractivity contribution is 14.1. The maximum Gasteiger partial charge on any atom is 0.495 e. The lowest BCUT2D eigenvalue weighted by molar-refractivity contribution is -0.0540. The fourth-order valence-electron chi connectivity index (χ4n) is 6.05. The minimum absolute atomic E-state index is 0. The Bertz CT molecular complexity index is 1980. The second-order valence-corrected chi connectivity index (χ2v) is 16.9. The summed E-state index contributed by atoms with van der Waals surface area (Å²) in [6.07, 6.45) is 0. The van der Waals surface area contributed by atoms with Crippen LogP contribution in [0.3, 0.4) is 0 Å². The molecule has 3 saturated heterocycles. The summed E-state index contributed by atoms with van der Waals surface area (Å²) in [6.45, 7) is 23.3. The molecule has 0 bridgehead atoms. The third kappa shape index (κ3) is 9.20. The summed E-state index contributed by atoms with van der Waals surface area (Å²) in [5.41, 5.74) is 7.27. The third-order valence-electron chi connectivity index (χ3n) is 10.7. The first-order valence-corrected chi connectivity index (χ1v) is 19.0. The predicted molar refractivity (Wildman–Crippen MR) is 222 cm³/mol. The molecule has 2 aromatic carbocycles. The van der Waals surface area contributed by atoms with Crippen molar-refractivity contribution in [2.75, 3.05) is 40.6 Å². The van der Waals surface area contributed by atoms with E-state index in [1.54, 1.807) is 18.2 Å². The number of aromatic nitrogens is 4. The van der Waals surface area contributed by atoms with Gasteiger partial charge in [0.2, 0.25) is 0 Å². The van der Waals surface area contributed by atoms with Crippen molar-refractivity contribution in [1.82, 2.24) is 19.9 Å². The van der Waals surface area contributed by atoms with E-state index in [4.69, 9.17) is 33.2 Å². The average molecular weight is 871 g/mol. The van der Waals surface area contributed by atoms with E-state index in [-0.39, 0.29) is 30.2 Å². The summed E-state index contributed by atoms with van der Waals surface area (Å²) >= 11 is 2.24. The van der Waals surface area contributed by atoms with Crippen LogP contribution >= 0.6 is 22.6 Å². The number of nitrogens with zero attached hydrogens (tertiary/aromatic N) is 2. The molecule has 3 fully saturated rings. The van der Waals surface area contributed by atoms with Crippen molar-refractivity contribution in [2.45, 2.75) is 98.7 Å². The number of nitrogens with one attached hydrogen (secondary N) is 2. The first kappa shape index (κ1) is 44.2. The number of hydrogen-bond donors (Lipinski definition) is 2. The Morgan fingerprint density at radius 3 is 1.60 bits per heavy atom. The summed E-state index contributed by atoms with van der Waals surface area (Å²) < 4.78 is 33.2. The number of rotatable bonds is 6. The smallest absolute Gasteiger partial charge is 0.465 e. The van der Waals surface area contributed by atoms with Crippen molar-refractivity contribution in [3.8, 4) is 11.3 Å². The van der Waals surface area contributed by atoms with E-state index in [0.717, 1.165) is 67.8 Å². The van der Waals surface area contributed by atoms with Gasteiger partial charge < -0.3 is 38.2 Å². The predicted octanol–water partition coefficient (Wildman–Crippen LogP) is 7.10. The van der Waals surface area contributed by atoms with E-state index in [1.165, 1.54) is 14.2 Å². The Balaban J connectivity index is 0.000000189. The molecule has 7 rings (SSSR count). The van der Waals surface area contributed by atoms with E-state index in [2.05, 4.69) is 51.4 Å². The topological polar surface area (TPSA) is 147 Å². The van der Waals surface area contributed by atoms with Gasteiger partial charge in [0.15, 0.2) is 0 Å². The molecule has 0 saturated carbocycles.